The molecule has 39 heteroatoms. The average Bonchev–Trinajstić information content (AvgIpc) is 1.70. The smallest absolute Gasteiger partial charge is 0.462 e. The molecule has 7 aliphatic rings. The summed E-state index contributed by atoms with van der Waals surface area (Å²) in [7, 11) is -13.8. The number of hydrogen-bond acceptors (Lipinski definition) is 29. The number of alkyl carbamates (subject to hydrolysis) is 1. The Morgan fingerprint density at radius 2 is 0.792 bits per heavy atom. The van der Waals surface area contributed by atoms with Crippen molar-refractivity contribution in [2.24, 2.45) is 22.1 Å². The molecule has 0 aromatic heterocycles. The van der Waals surface area contributed by atoms with Gasteiger partial charge in [-0.25, -0.2) is 13.9 Å². The number of fused-ring (bicyclic) bond motifs is 5. The summed E-state index contributed by atoms with van der Waals surface area (Å²) in [6.07, 6.45) is -17.2. The molecule has 4 fully saturated rings. The number of ether oxygens (including phenoxy) is 12. The van der Waals surface area contributed by atoms with Crippen molar-refractivity contribution in [2.75, 3.05) is 33.0 Å². The standard InChI is InChI=1S/C56H67N4O13PSi.C49H69N4O14PSi/c1-36-48(58-55(62)67-33-45-43-27-17-15-25-41(43)42-26-16-18-28-44(42)45)53(70-46(34-64-29-37-19-9-7-10-20-37)51(36)72-74(63)68-31-39-23-13-14-24-40(39)32-69-74)66-35-47-52(65-30-38-21-11-8-12-22-38)50(61)49(59-60-57)54(71-47)73-75(5,6)56(2,3)4;1-9-37(63-41(55)10-2)25-40(54)51-42-32(3)45(66-68(57)61-28-35-23-17-18-24-36(35)29-62-68)38(30-58-26-33-19-13-11-14-20-33)64-47(42)60-31-39-46(59-27-34-21-15-12-16-22-34)44(56)43(52-53-50)48(65-39)67-69(7,8)49(4,5)6/h7-28,36,45-54,61H,29-35H2,1-6H3,(H,58,62);11-24,32,37-39,42-48,56H,9-10,25-31H2,1-8H3,(H,51,54)/t36-,46?,47?,48?,49?,50-,51+,52+,53-,54?;32-,37-,38?,39?,42?,43?,44-,45+,46+,47-,48?/m11/s1. The summed E-state index contributed by atoms with van der Waals surface area (Å²) in [4.78, 5) is 46.8. The number of phosphoric ester groups is 2. The number of nitrogens with zero attached hydrogens (tertiary/aromatic N) is 6. The Kier molecular flexibility index (Phi) is 38.8. The Morgan fingerprint density at radius 3 is 1.15 bits per heavy atom. The molecule has 0 radical (unpaired) electrons. The normalized spacial score (nSPS) is 26.9. The van der Waals surface area contributed by atoms with E-state index in [1.807, 2.05) is 246 Å². The molecule has 0 spiro atoms. The Labute approximate surface area is 843 Å². The van der Waals surface area contributed by atoms with Gasteiger partial charge in [-0.3, -0.25) is 36.7 Å². The van der Waals surface area contributed by atoms with Crippen LogP contribution in [0, 0.1) is 11.8 Å². The Hall–Kier alpha value is -9.32. The number of esters is 1. The summed E-state index contributed by atoms with van der Waals surface area (Å²) in [5, 5.41) is 37.7. The van der Waals surface area contributed by atoms with Crippen LogP contribution in [0.3, 0.4) is 0 Å². The van der Waals surface area contributed by atoms with E-state index >= 15 is 0 Å². The van der Waals surface area contributed by atoms with E-state index in [1.54, 1.807) is 13.8 Å². The van der Waals surface area contributed by atoms with Crippen LogP contribution < -0.4 is 10.6 Å². The Bertz CT molecular complexity index is 5610. The monoisotopic (exact) mass is 2060 g/mol. The second kappa shape index (κ2) is 50.6. The van der Waals surface area contributed by atoms with Crippen LogP contribution in [-0.2, 0) is 164 Å². The van der Waals surface area contributed by atoms with E-state index in [0.29, 0.717) is 6.42 Å². The van der Waals surface area contributed by atoms with E-state index in [9.17, 15) is 44.8 Å². The third kappa shape index (κ3) is 28.6. The van der Waals surface area contributed by atoms with Gasteiger partial charge in [0.2, 0.25) is 5.91 Å². The highest BCUT2D eigenvalue weighted by atomic mass is 31.2. The Morgan fingerprint density at radius 1 is 0.451 bits per heavy atom. The van der Waals surface area contributed by atoms with Gasteiger partial charge in [0, 0.05) is 34.0 Å². The zero-order chi connectivity index (χ0) is 103. The second-order valence-electron chi connectivity index (χ2n) is 40.0. The van der Waals surface area contributed by atoms with E-state index < -0.39 is 179 Å². The molecule has 0 saturated carbocycles. The van der Waals surface area contributed by atoms with Gasteiger partial charge in [0.05, 0.1) is 110 Å². The number of carbonyl (C=O) groups excluding carboxylic acids is 3. The van der Waals surface area contributed by atoms with Crippen molar-refractivity contribution in [2.45, 2.75) is 300 Å². The summed E-state index contributed by atoms with van der Waals surface area (Å²) >= 11 is 0. The molecule has 776 valence electrons. The largest absolute Gasteiger partial charge is 0.475 e. The van der Waals surface area contributed by atoms with Crippen molar-refractivity contribution in [1.82, 2.24) is 10.6 Å². The summed E-state index contributed by atoms with van der Waals surface area (Å²) < 4.78 is 157. The molecule has 15 rings (SSSR count). The fourth-order valence-corrected chi connectivity index (χ4v) is 22.8. The lowest BCUT2D eigenvalue weighted by molar-refractivity contribution is -0.293. The SMILES string of the molecule is CCC(=O)O[C@H](CC)CC(=O)NC1[C@H](OCC2OC(O[Si](C)(C)C(C)(C)C)C(N=[N+]=[N-])[C@@H](O)[C@H]2OCc2ccccc2)OC(COCc2ccccc2)[C@@H](OP2(=O)OCc3ccccc3CO2)[C@@H]1C.C[C@@H]1C(NC(=O)OCC2c3ccccc3-c3ccccc32)[C@H](OCC2OC(O[Si](C)(C)C(C)(C)C)C(N=[N+]=[N-])[C@@H](O)[C@H]2OCc2ccccc2)OC(COCc2ccccc2)[C@H]1OP1(=O)OCc2ccccc2CO1. The average molecular weight is 2060 g/mol. The van der Waals surface area contributed by atoms with Gasteiger partial charge >= 0.3 is 27.7 Å². The highest BCUT2D eigenvalue weighted by Gasteiger charge is 2.57. The van der Waals surface area contributed by atoms with Gasteiger partial charge in [0.25, 0.3) is 0 Å². The van der Waals surface area contributed by atoms with Gasteiger partial charge in [-0.05, 0) is 121 Å². The van der Waals surface area contributed by atoms with Gasteiger partial charge in [-0.15, -0.1) is 0 Å². The molecule has 144 heavy (non-hydrogen) atoms. The summed E-state index contributed by atoms with van der Waals surface area (Å²) in [5.41, 5.74) is 30.4. The minimum Gasteiger partial charge on any atom is -0.462 e. The second-order valence-corrected chi connectivity index (χ2v) is 52.8. The fraction of sp³-hybridized carbons (Fsp3) is 0.514. The number of aliphatic hydroxyl groups is 2. The number of amides is 2. The van der Waals surface area contributed by atoms with E-state index in [2.05, 4.69) is 84.4 Å². The molecule has 21 atom stereocenters. The van der Waals surface area contributed by atoms with E-state index in [0.717, 1.165) is 66.8 Å². The number of phosphoric acid groups is 2. The van der Waals surface area contributed by atoms with Crippen molar-refractivity contribution in [3.05, 3.63) is 295 Å². The lowest BCUT2D eigenvalue weighted by Crippen LogP contribution is -2.64. The van der Waals surface area contributed by atoms with Crippen molar-refractivity contribution in [3.8, 4) is 11.1 Å². The lowest BCUT2D eigenvalue weighted by Gasteiger charge is -2.48. The number of nitrogens with one attached hydrogen (secondary N) is 2. The molecule has 8 aromatic carbocycles. The third-order valence-electron chi connectivity index (χ3n) is 28.1. The number of benzene rings is 8. The number of rotatable bonds is 39. The van der Waals surface area contributed by atoms with Crippen LogP contribution in [0.25, 0.3) is 32.0 Å². The summed E-state index contributed by atoms with van der Waals surface area (Å²) in [6.45, 7) is 27.4. The van der Waals surface area contributed by atoms with Crippen LogP contribution in [-0.4, -0.2) is 194 Å². The first-order valence-corrected chi connectivity index (χ1v) is 57.9. The number of carbonyl (C=O) groups is 3. The molecule has 10 unspecified atom stereocenters. The zero-order valence-electron chi connectivity index (χ0n) is 84.0. The van der Waals surface area contributed by atoms with Gasteiger partial charge in [0.1, 0.15) is 73.6 Å². The topological polar surface area (TPSA) is 432 Å². The first-order valence-electron chi connectivity index (χ1n) is 49.1. The first kappa shape index (κ1) is 110. The van der Waals surface area contributed by atoms with Crippen LogP contribution in [0.4, 0.5) is 4.79 Å². The summed E-state index contributed by atoms with van der Waals surface area (Å²) in [5.74, 6) is -2.62. The molecule has 1 aliphatic carbocycles. The highest BCUT2D eigenvalue weighted by molar-refractivity contribution is 7.48. The number of aliphatic hydroxyl groups excluding tert-OH is 2. The molecule has 6 heterocycles. The minimum atomic E-state index is -4.31. The van der Waals surface area contributed by atoms with Crippen LogP contribution in [0.5, 0.6) is 0 Å². The van der Waals surface area contributed by atoms with Gasteiger partial charge in [-0.2, -0.15) is 0 Å². The maximum atomic E-state index is 14.7. The van der Waals surface area contributed by atoms with E-state index in [1.165, 1.54) is 0 Å². The van der Waals surface area contributed by atoms with Gasteiger partial charge in [-0.1, -0.05) is 298 Å². The fourth-order valence-electron chi connectivity index (χ4n) is 17.7. The van der Waals surface area contributed by atoms with E-state index in [-0.39, 0.29) is 115 Å². The molecular weight excluding hydrogens is 1920 g/mol. The van der Waals surface area contributed by atoms with Gasteiger partial charge < -0.3 is 86.5 Å². The lowest BCUT2D eigenvalue weighted by atomic mass is 9.88. The first-order chi connectivity index (χ1) is 69.0. The van der Waals surface area contributed by atoms with Crippen LogP contribution in [0.2, 0.25) is 36.3 Å². The molecule has 35 nitrogen and oxygen atoms in total. The van der Waals surface area contributed by atoms with Crippen molar-refractivity contribution < 1.29 is 127 Å². The third-order valence-corrected chi connectivity index (χ3v) is 39.7. The van der Waals surface area contributed by atoms with E-state index in [4.69, 9.17) is 92.8 Å². The highest BCUT2D eigenvalue weighted by Crippen LogP contribution is 2.58. The maximum absolute atomic E-state index is 14.7. The maximum Gasteiger partial charge on any atom is 0.475 e. The van der Waals surface area contributed by atoms with Crippen molar-refractivity contribution >= 4 is 50.2 Å². The minimum absolute atomic E-state index is 0.0247. The number of azide groups is 2. The van der Waals surface area contributed by atoms with Crippen molar-refractivity contribution in [1.29, 1.82) is 0 Å². The van der Waals surface area contributed by atoms with Crippen LogP contribution in [0.15, 0.2) is 229 Å². The molecule has 6 aliphatic heterocycles. The predicted molar refractivity (Wildman–Crippen MR) is 538 cm³/mol. The molecule has 8 aromatic rings. The number of hydrogen-bond donors (Lipinski definition) is 4. The molecular formula is C105H136N8O27P2Si2. The Balaban J connectivity index is 0.000000229. The van der Waals surface area contributed by atoms with Crippen molar-refractivity contribution in [3.63, 3.8) is 0 Å². The zero-order valence-corrected chi connectivity index (χ0v) is 87.8. The molecule has 2 amide bonds. The molecule has 4 N–H and O–H groups in total. The molecule has 4 saturated heterocycles. The molecule has 0 bridgehead atoms. The van der Waals surface area contributed by atoms with Crippen LogP contribution >= 0.6 is 15.6 Å². The van der Waals surface area contributed by atoms with Gasteiger partial charge in [0.15, 0.2) is 41.8 Å². The quantitative estimate of drug-likeness (QED) is 0.00694. The summed E-state index contributed by atoms with van der Waals surface area (Å²) in [6, 6.07) is 64.6. The predicted octanol–water partition coefficient (Wildman–Crippen LogP) is 19.9. The van der Waals surface area contributed by atoms with Crippen LogP contribution in [0.1, 0.15) is 150 Å².